The molecule has 0 saturated carbocycles. The number of carbonyl (C=O) groups is 1. The fourth-order valence-corrected chi connectivity index (χ4v) is 2.56. The zero-order valence-corrected chi connectivity index (χ0v) is 10.6. The molecule has 0 aliphatic rings. The number of carboxylic acid groups (broad SMARTS) is 1. The zero-order chi connectivity index (χ0) is 14.0. The number of nitrogens with one attached hydrogen (secondary N) is 1. The summed E-state index contributed by atoms with van der Waals surface area (Å²) < 4.78 is 27.4. The Hall–Kier alpha value is -2.42. The molecule has 8 nitrogen and oxygen atoms in total. The van der Waals surface area contributed by atoms with Crippen molar-refractivity contribution < 1.29 is 18.3 Å². The Labute approximate surface area is 108 Å². The van der Waals surface area contributed by atoms with E-state index < -0.39 is 16.0 Å². The Kier molecular flexibility index (Phi) is 3.21. The number of aryl methyl sites for hydroxylation is 1. The minimum Gasteiger partial charge on any atom is -0.478 e. The van der Waals surface area contributed by atoms with E-state index in [2.05, 4.69) is 14.8 Å². The number of hydrogen-bond acceptors (Lipinski definition) is 5. The molecule has 2 aromatic rings. The van der Waals surface area contributed by atoms with Crippen LogP contribution in [0.5, 0.6) is 0 Å². The molecule has 0 atom stereocenters. The lowest BCUT2D eigenvalue weighted by Crippen LogP contribution is -2.17. The first-order chi connectivity index (χ1) is 8.90. The van der Waals surface area contributed by atoms with Gasteiger partial charge in [-0.25, -0.2) is 9.78 Å². The highest BCUT2D eigenvalue weighted by molar-refractivity contribution is 7.92. The highest BCUT2D eigenvalue weighted by atomic mass is 32.2. The number of rotatable bonds is 4. The van der Waals surface area contributed by atoms with Gasteiger partial charge in [-0.3, -0.25) is 9.40 Å². The fraction of sp³-hybridized carbons (Fsp3) is 0.100. The molecule has 0 aromatic carbocycles. The van der Waals surface area contributed by atoms with Crippen LogP contribution >= 0.6 is 0 Å². The van der Waals surface area contributed by atoms with E-state index in [9.17, 15) is 13.2 Å². The molecule has 2 rings (SSSR count). The summed E-state index contributed by atoms with van der Waals surface area (Å²) in [4.78, 5) is 14.5. The van der Waals surface area contributed by atoms with Gasteiger partial charge in [0.1, 0.15) is 5.82 Å². The van der Waals surface area contributed by atoms with E-state index >= 15 is 0 Å². The van der Waals surface area contributed by atoms with Crippen LogP contribution in [0.1, 0.15) is 10.4 Å². The van der Waals surface area contributed by atoms with Gasteiger partial charge in [-0.2, -0.15) is 13.5 Å². The molecule has 0 fully saturated rings. The molecule has 0 saturated heterocycles. The molecule has 2 heterocycles. The summed E-state index contributed by atoms with van der Waals surface area (Å²) in [6.07, 6.45) is 2.56. The molecule has 0 bridgehead atoms. The molecule has 0 radical (unpaired) electrons. The van der Waals surface area contributed by atoms with Crippen molar-refractivity contribution in [3.05, 3.63) is 36.2 Å². The van der Waals surface area contributed by atoms with Gasteiger partial charge in [0.25, 0.3) is 10.0 Å². The molecule has 0 aliphatic heterocycles. The molecule has 19 heavy (non-hydrogen) atoms. The predicted molar refractivity (Wildman–Crippen MR) is 65.2 cm³/mol. The SMILES string of the molecule is Cn1nccc1S(=O)(=O)Nc1cc(C(=O)O)ccn1. The fourth-order valence-electron chi connectivity index (χ4n) is 1.43. The molecule has 0 spiro atoms. The van der Waals surface area contributed by atoms with Gasteiger partial charge in [0, 0.05) is 13.2 Å². The number of anilines is 1. The van der Waals surface area contributed by atoms with Crippen LogP contribution in [0.25, 0.3) is 0 Å². The van der Waals surface area contributed by atoms with Crippen molar-refractivity contribution in [1.29, 1.82) is 0 Å². The molecule has 0 aliphatic carbocycles. The predicted octanol–water partition coefficient (Wildman–Crippen LogP) is 0.314. The highest BCUT2D eigenvalue weighted by Crippen LogP contribution is 2.14. The number of carboxylic acids is 1. The van der Waals surface area contributed by atoms with E-state index in [0.29, 0.717) is 0 Å². The second-order valence-corrected chi connectivity index (χ2v) is 5.26. The van der Waals surface area contributed by atoms with Crippen LogP contribution in [0.4, 0.5) is 5.82 Å². The van der Waals surface area contributed by atoms with Crippen molar-refractivity contribution in [1.82, 2.24) is 14.8 Å². The smallest absolute Gasteiger partial charge is 0.335 e. The molecular formula is C10H10N4O4S. The maximum atomic E-state index is 12.0. The molecule has 100 valence electrons. The van der Waals surface area contributed by atoms with Crippen molar-refractivity contribution in [2.24, 2.45) is 7.05 Å². The van der Waals surface area contributed by atoms with Gasteiger partial charge in [0.05, 0.1) is 11.8 Å². The van der Waals surface area contributed by atoms with Gasteiger partial charge in [0.2, 0.25) is 0 Å². The lowest BCUT2D eigenvalue weighted by atomic mass is 10.3. The van der Waals surface area contributed by atoms with E-state index in [1.54, 1.807) is 0 Å². The summed E-state index contributed by atoms with van der Waals surface area (Å²) in [5.74, 6) is -1.23. The van der Waals surface area contributed by atoms with Crippen LogP contribution in [0.3, 0.4) is 0 Å². The van der Waals surface area contributed by atoms with E-state index in [1.165, 1.54) is 36.3 Å². The lowest BCUT2D eigenvalue weighted by molar-refractivity contribution is 0.0697. The Balaban J connectivity index is 2.34. The largest absolute Gasteiger partial charge is 0.478 e. The third-order valence-electron chi connectivity index (χ3n) is 2.30. The van der Waals surface area contributed by atoms with Crippen molar-refractivity contribution >= 4 is 21.8 Å². The van der Waals surface area contributed by atoms with Crippen LogP contribution in [0.15, 0.2) is 35.6 Å². The maximum absolute atomic E-state index is 12.0. The van der Waals surface area contributed by atoms with Gasteiger partial charge in [-0.1, -0.05) is 0 Å². The van der Waals surface area contributed by atoms with Crippen LogP contribution in [0.2, 0.25) is 0 Å². The Bertz CT molecular complexity index is 723. The molecule has 2 N–H and O–H groups in total. The molecular weight excluding hydrogens is 272 g/mol. The van der Waals surface area contributed by atoms with Gasteiger partial charge in [-0.15, -0.1) is 0 Å². The minimum absolute atomic E-state index is 0.0463. The summed E-state index contributed by atoms with van der Waals surface area (Å²) in [5, 5.41) is 12.5. The van der Waals surface area contributed by atoms with Crippen LogP contribution in [-0.4, -0.2) is 34.3 Å². The minimum atomic E-state index is -3.85. The molecule has 9 heteroatoms. The zero-order valence-electron chi connectivity index (χ0n) is 9.81. The van der Waals surface area contributed by atoms with E-state index in [1.807, 2.05) is 0 Å². The Morgan fingerprint density at radius 3 is 2.68 bits per heavy atom. The van der Waals surface area contributed by atoms with Crippen molar-refractivity contribution in [2.45, 2.75) is 5.03 Å². The summed E-state index contributed by atoms with van der Waals surface area (Å²) >= 11 is 0. The quantitative estimate of drug-likeness (QED) is 0.834. The first kappa shape index (κ1) is 13.0. The first-order valence-corrected chi connectivity index (χ1v) is 6.58. The molecule has 0 unspecified atom stereocenters. The van der Waals surface area contributed by atoms with Gasteiger partial charge in [-0.05, 0) is 18.2 Å². The summed E-state index contributed by atoms with van der Waals surface area (Å²) in [6.45, 7) is 0. The third-order valence-corrected chi connectivity index (χ3v) is 3.73. The summed E-state index contributed by atoms with van der Waals surface area (Å²) in [6, 6.07) is 3.73. The number of nitrogens with zero attached hydrogens (tertiary/aromatic N) is 3. The number of pyridine rings is 1. The van der Waals surface area contributed by atoms with Crippen molar-refractivity contribution in [3.8, 4) is 0 Å². The van der Waals surface area contributed by atoms with Crippen molar-refractivity contribution in [2.75, 3.05) is 4.72 Å². The van der Waals surface area contributed by atoms with Gasteiger partial charge < -0.3 is 5.11 Å². The number of sulfonamides is 1. The average Bonchev–Trinajstić information content (AvgIpc) is 2.76. The topological polar surface area (TPSA) is 114 Å². The second-order valence-electron chi connectivity index (χ2n) is 3.63. The van der Waals surface area contributed by atoms with Crippen LogP contribution in [-0.2, 0) is 17.1 Å². The summed E-state index contributed by atoms with van der Waals surface area (Å²) in [7, 11) is -2.37. The standard InChI is InChI=1S/C10H10N4O4S/c1-14-9(3-5-12-14)19(17,18)13-8-6-7(10(15)16)2-4-11-8/h2-6H,1H3,(H,11,13)(H,15,16). The Morgan fingerprint density at radius 1 is 1.37 bits per heavy atom. The van der Waals surface area contributed by atoms with Crippen molar-refractivity contribution in [3.63, 3.8) is 0 Å². The lowest BCUT2D eigenvalue weighted by Gasteiger charge is -2.07. The normalized spacial score (nSPS) is 11.2. The third kappa shape index (κ3) is 2.71. The van der Waals surface area contributed by atoms with E-state index in [-0.39, 0.29) is 16.4 Å². The Morgan fingerprint density at radius 2 is 2.11 bits per heavy atom. The number of hydrogen-bond donors (Lipinski definition) is 2. The van der Waals surface area contributed by atoms with Gasteiger partial charge in [0.15, 0.2) is 5.03 Å². The van der Waals surface area contributed by atoms with Crippen LogP contribution < -0.4 is 4.72 Å². The van der Waals surface area contributed by atoms with Crippen LogP contribution in [0, 0.1) is 0 Å². The number of aromatic carboxylic acids is 1. The second kappa shape index (κ2) is 4.69. The van der Waals surface area contributed by atoms with Gasteiger partial charge >= 0.3 is 5.97 Å². The highest BCUT2D eigenvalue weighted by Gasteiger charge is 2.19. The summed E-state index contributed by atoms with van der Waals surface area (Å²) in [5.41, 5.74) is -0.0577. The molecule has 0 amide bonds. The first-order valence-electron chi connectivity index (χ1n) is 5.10. The van der Waals surface area contributed by atoms with E-state index in [0.717, 1.165) is 6.07 Å². The molecule has 2 aromatic heterocycles. The van der Waals surface area contributed by atoms with E-state index in [4.69, 9.17) is 5.11 Å². The average molecular weight is 282 g/mol. The number of aromatic nitrogens is 3. The monoisotopic (exact) mass is 282 g/mol. The maximum Gasteiger partial charge on any atom is 0.335 e.